The highest BCUT2D eigenvalue weighted by atomic mass is 79.9. The summed E-state index contributed by atoms with van der Waals surface area (Å²) in [6.45, 7) is 1.52. The van der Waals surface area contributed by atoms with Gasteiger partial charge in [-0.1, -0.05) is 11.6 Å². The van der Waals surface area contributed by atoms with E-state index in [1.807, 2.05) is 0 Å². The van der Waals surface area contributed by atoms with Gasteiger partial charge in [0, 0.05) is 0 Å². The molecule has 0 fully saturated rings. The van der Waals surface area contributed by atoms with Crippen molar-refractivity contribution in [3.63, 3.8) is 0 Å². The van der Waals surface area contributed by atoms with Gasteiger partial charge in [0.05, 0.1) is 18.6 Å². The van der Waals surface area contributed by atoms with E-state index in [9.17, 15) is 14.0 Å². The Morgan fingerprint density at radius 3 is 2.79 bits per heavy atom. The number of nitrogens with zero attached hydrogens (tertiary/aromatic N) is 1. The fourth-order valence-electron chi connectivity index (χ4n) is 1.19. The Kier molecular flexibility index (Phi) is 5.68. The van der Waals surface area contributed by atoms with Crippen molar-refractivity contribution in [3.05, 3.63) is 27.2 Å². The Hall–Kier alpha value is -1.21. The third kappa shape index (κ3) is 4.43. The quantitative estimate of drug-likeness (QED) is 0.614. The van der Waals surface area contributed by atoms with Crippen LogP contribution >= 0.6 is 27.5 Å². The molecular weight excluding hydrogens is 344 g/mol. The number of ether oxygens (including phenoxy) is 2. The highest BCUT2D eigenvalue weighted by Crippen LogP contribution is 2.22. The van der Waals surface area contributed by atoms with E-state index in [1.165, 1.54) is 14.0 Å². The summed E-state index contributed by atoms with van der Waals surface area (Å²) in [6.07, 6.45) is -0.802. The zero-order valence-electron chi connectivity index (χ0n) is 10.1. The molecule has 0 spiro atoms. The average molecular weight is 355 g/mol. The van der Waals surface area contributed by atoms with Crippen LogP contribution in [0.15, 0.2) is 10.7 Å². The van der Waals surface area contributed by atoms with Crippen molar-refractivity contribution in [1.29, 1.82) is 0 Å². The Balaban J connectivity index is 2.78. The van der Waals surface area contributed by atoms with Gasteiger partial charge in [0.1, 0.15) is 10.7 Å². The van der Waals surface area contributed by atoms with Crippen molar-refractivity contribution in [2.45, 2.75) is 19.4 Å². The molecule has 0 saturated heterocycles. The molecule has 104 valence electrons. The number of esters is 2. The van der Waals surface area contributed by atoms with Gasteiger partial charge in [-0.15, -0.1) is 0 Å². The number of rotatable bonds is 4. The standard InChI is InChI=1S/C11H10BrClFNO4/c1-5(3-8(16)18-2)19-11(17)9-6(13)4-7(14)10(12)15-9/h4-5H,3H2,1-2H3. The van der Waals surface area contributed by atoms with Gasteiger partial charge in [-0.25, -0.2) is 14.2 Å². The van der Waals surface area contributed by atoms with Gasteiger partial charge in [-0.2, -0.15) is 0 Å². The third-order valence-corrected chi connectivity index (χ3v) is 2.91. The summed E-state index contributed by atoms with van der Waals surface area (Å²) < 4.78 is 22.3. The van der Waals surface area contributed by atoms with Gasteiger partial charge in [0.25, 0.3) is 0 Å². The Morgan fingerprint density at radius 2 is 2.21 bits per heavy atom. The summed E-state index contributed by atoms with van der Waals surface area (Å²) in [5.41, 5.74) is -0.230. The molecule has 0 bridgehead atoms. The summed E-state index contributed by atoms with van der Waals surface area (Å²) in [7, 11) is 1.23. The molecule has 1 aromatic heterocycles. The molecule has 1 heterocycles. The van der Waals surface area contributed by atoms with Crippen molar-refractivity contribution in [2.75, 3.05) is 7.11 Å². The van der Waals surface area contributed by atoms with Crippen molar-refractivity contribution in [3.8, 4) is 0 Å². The molecule has 0 aliphatic carbocycles. The topological polar surface area (TPSA) is 65.5 Å². The third-order valence-electron chi connectivity index (χ3n) is 2.07. The van der Waals surface area contributed by atoms with Gasteiger partial charge in [0.15, 0.2) is 11.5 Å². The first kappa shape index (κ1) is 15.8. The van der Waals surface area contributed by atoms with Crippen LogP contribution in [0, 0.1) is 5.82 Å². The van der Waals surface area contributed by atoms with Gasteiger partial charge in [0.2, 0.25) is 0 Å². The first-order chi connectivity index (χ1) is 8.85. The van der Waals surface area contributed by atoms with Crippen LogP contribution in [0.1, 0.15) is 23.8 Å². The van der Waals surface area contributed by atoms with E-state index in [0.717, 1.165) is 6.07 Å². The van der Waals surface area contributed by atoms with Crippen LogP contribution in [0.4, 0.5) is 4.39 Å². The Labute approximate surface area is 122 Å². The van der Waals surface area contributed by atoms with Gasteiger partial charge >= 0.3 is 11.9 Å². The van der Waals surface area contributed by atoms with Crippen LogP contribution in [-0.2, 0) is 14.3 Å². The molecule has 0 N–H and O–H groups in total. The number of methoxy groups -OCH3 is 1. The molecule has 1 rings (SSSR count). The van der Waals surface area contributed by atoms with Crippen LogP contribution < -0.4 is 0 Å². The fraction of sp³-hybridized carbons (Fsp3) is 0.364. The molecular formula is C11H10BrClFNO4. The smallest absolute Gasteiger partial charge is 0.358 e. The number of hydrogen-bond acceptors (Lipinski definition) is 5. The number of carbonyl (C=O) groups is 2. The fourth-order valence-corrected chi connectivity index (χ4v) is 1.69. The highest BCUT2D eigenvalue weighted by molar-refractivity contribution is 9.10. The first-order valence-electron chi connectivity index (χ1n) is 5.14. The molecule has 0 aliphatic rings. The summed E-state index contributed by atoms with van der Waals surface area (Å²) in [6, 6.07) is 0.945. The lowest BCUT2D eigenvalue weighted by atomic mass is 10.3. The lowest BCUT2D eigenvalue weighted by Crippen LogP contribution is -2.20. The number of aromatic nitrogens is 1. The molecule has 19 heavy (non-hydrogen) atoms. The van der Waals surface area contributed by atoms with Crippen molar-refractivity contribution >= 4 is 39.5 Å². The molecule has 0 aromatic carbocycles. The van der Waals surface area contributed by atoms with Crippen LogP contribution in [0.25, 0.3) is 0 Å². The first-order valence-corrected chi connectivity index (χ1v) is 6.31. The number of carbonyl (C=O) groups excluding carboxylic acids is 2. The Bertz CT molecular complexity index is 512. The molecule has 1 unspecified atom stereocenters. The lowest BCUT2D eigenvalue weighted by molar-refractivity contribution is -0.142. The van der Waals surface area contributed by atoms with E-state index < -0.39 is 23.9 Å². The summed E-state index contributed by atoms with van der Waals surface area (Å²) in [5.74, 6) is -2.05. The van der Waals surface area contributed by atoms with Gasteiger partial charge in [-0.3, -0.25) is 4.79 Å². The molecule has 8 heteroatoms. The minimum absolute atomic E-state index is 0.0950. The van der Waals surface area contributed by atoms with Gasteiger partial charge in [-0.05, 0) is 28.9 Å². The molecule has 0 aliphatic heterocycles. The molecule has 0 saturated carbocycles. The van der Waals surface area contributed by atoms with Crippen molar-refractivity contribution in [2.24, 2.45) is 0 Å². The second-order valence-electron chi connectivity index (χ2n) is 3.59. The maximum absolute atomic E-state index is 13.1. The largest absolute Gasteiger partial charge is 0.469 e. The van der Waals surface area contributed by atoms with Crippen LogP contribution in [0.3, 0.4) is 0 Å². The molecule has 0 radical (unpaired) electrons. The Morgan fingerprint density at radius 1 is 1.58 bits per heavy atom. The minimum Gasteiger partial charge on any atom is -0.469 e. The average Bonchev–Trinajstić information content (AvgIpc) is 2.33. The second kappa shape index (κ2) is 6.81. The zero-order valence-corrected chi connectivity index (χ0v) is 12.4. The van der Waals surface area contributed by atoms with E-state index in [1.54, 1.807) is 0 Å². The molecule has 0 amide bonds. The maximum atomic E-state index is 13.1. The molecule has 1 atom stereocenters. The van der Waals surface area contributed by atoms with E-state index in [0.29, 0.717) is 0 Å². The number of halogens is 3. The number of pyridine rings is 1. The number of hydrogen-bond donors (Lipinski definition) is 0. The zero-order chi connectivity index (χ0) is 14.6. The summed E-state index contributed by atoms with van der Waals surface area (Å²) in [4.78, 5) is 26.4. The second-order valence-corrected chi connectivity index (χ2v) is 4.75. The lowest BCUT2D eigenvalue weighted by Gasteiger charge is -2.12. The predicted molar refractivity (Wildman–Crippen MR) is 68.4 cm³/mol. The monoisotopic (exact) mass is 353 g/mol. The molecule has 1 aromatic rings. The van der Waals surface area contributed by atoms with Crippen LogP contribution in [0.5, 0.6) is 0 Å². The predicted octanol–water partition coefficient (Wildman–Crippen LogP) is 2.75. The van der Waals surface area contributed by atoms with E-state index >= 15 is 0 Å². The highest BCUT2D eigenvalue weighted by Gasteiger charge is 2.20. The van der Waals surface area contributed by atoms with Crippen molar-refractivity contribution in [1.82, 2.24) is 4.98 Å². The summed E-state index contributed by atoms with van der Waals surface area (Å²) >= 11 is 8.54. The normalized spacial score (nSPS) is 11.8. The molecule has 5 nitrogen and oxygen atoms in total. The van der Waals surface area contributed by atoms with Crippen molar-refractivity contribution < 1.29 is 23.5 Å². The van der Waals surface area contributed by atoms with Crippen LogP contribution in [0.2, 0.25) is 5.02 Å². The van der Waals surface area contributed by atoms with E-state index in [-0.39, 0.29) is 21.7 Å². The minimum atomic E-state index is -0.845. The van der Waals surface area contributed by atoms with E-state index in [2.05, 4.69) is 25.7 Å². The maximum Gasteiger partial charge on any atom is 0.358 e. The van der Waals surface area contributed by atoms with E-state index in [4.69, 9.17) is 16.3 Å². The summed E-state index contributed by atoms with van der Waals surface area (Å²) in [5, 5.41) is -0.170. The van der Waals surface area contributed by atoms with Gasteiger partial charge < -0.3 is 9.47 Å². The van der Waals surface area contributed by atoms with Crippen LogP contribution in [-0.4, -0.2) is 30.1 Å². The SMILES string of the molecule is COC(=O)CC(C)OC(=O)c1nc(Br)c(F)cc1Cl.